The maximum atomic E-state index is 12.8. The maximum absolute atomic E-state index is 12.8. The topological polar surface area (TPSA) is 95.1 Å². The molecule has 2 aromatic rings. The van der Waals surface area contributed by atoms with Crippen LogP contribution in [0.25, 0.3) is 0 Å². The highest BCUT2D eigenvalue weighted by atomic mass is 16.6. The van der Waals surface area contributed by atoms with Gasteiger partial charge in [-0.2, -0.15) is 0 Å². The van der Waals surface area contributed by atoms with Crippen molar-refractivity contribution in [3.63, 3.8) is 0 Å². The molecule has 1 unspecified atom stereocenters. The van der Waals surface area contributed by atoms with E-state index < -0.39 is 10.8 Å². The molecule has 0 aromatic heterocycles. The minimum absolute atomic E-state index is 0.0215. The molecule has 2 atom stereocenters. The van der Waals surface area contributed by atoms with Gasteiger partial charge in [-0.25, -0.2) is 0 Å². The van der Waals surface area contributed by atoms with E-state index in [1.54, 1.807) is 6.92 Å². The third-order valence-corrected chi connectivity index (χ3v) is 5.04. The maximum Gasteiger partial charge on any atom is 0.286 e. The number of benzene rings is 2. The molecular weight excluding hydrogens is 374 g/mol. The smallest absolute Gasteiger partial charge is 0.286 e. The van der Waals surface area contributed by atoms with Crippen LogP contribution in [0.1, 0.15) is 29.3 Å². The van der Waals surface area contributed by atoms with Crippen LogP contribution in [0.5, 0.6) is 11.5 Å². The summed E-state index contributed by atoms with van der Waals surface area (Å²) in [6, 6.07) is 12.8. The number of likely N-dealkylation sites (tertiary alicyclic amines) is 1. The highest BCUT2D eigenvalue weighted by Crippen LogP contribution is 2.34. The van der Waals surface area contributed by atoms with Crippen LogP contribution in [0.2, 0.25) is 0 Å². The first-order chi connectivity index (χ1) is 14.0. The lowest BCUT2D eigenvalue weighted by Crippen LogP contribution is -3.09. The Bertz CT molecular complexity index is 872. The molecule has 154 valence electrons. The van der Waals surface area contributed by atoms with Crippen LogP contribution in [-0.4, -0.2) is 43.7 Å². The Morgan fingerprint density at radius 3 is 2.69 bits per heavy atom. The summed E-state index contributed by atoms with van der Waals surface area (Å²) in [7, 11) is 1.44. The number of carbonyl (C=O) groups excluding carboxylic acids is 1. The van der Waals surface area contributed by atoms with Gasteiger partial charge in [-0.1, -0.05) is 30.3 Å². The van der Waals surface area contributed by atoms with Crippen molar-refractivity contribution in [1.82, 2.24) is 5.32 Å². The Hall–Kier alpha value is -3.13. The number of rotatable bonds is 8. The predicted octanol–water partition coefficient (Wildman–Crippen LogP) is 1.59. The van der Waals surface area contributed by atoms with E-state index in [0.717, 1.165) is 26.1 Å². The lowest BCUT2D eigenvalue weighted by atomic mass is 10.1. The third kappa shape index (κ3) is 5.03. The fraction of sp³-hybridized carbons (Fsp3) is 0.381. The van der Waals surface area contributed by atoms with Gasteiger partial charge in [0, 0.05) is 18.1 Å². The molecule has 1 heterocycles. The first kappa shape index (κ1) is 20.6. The number of methoxy groups -OCH3 is 1. The molecule has 0 radical (unpaired) electrons. The molecule has 0 aliphatic carbocycles. The zero-order chi connectivity index (χ0) is 20.8. The molecule has 1 amide bonds. The number of quaternary nitrogens is 1. The van der Waals surface area contributed by atoms with Gasteiger partial charge in [0.25, 0.3) is 11.6 Å². The van der Waals surface area contributed by atoms with Crippen molar-refractivity contribution in [2.75, 3.05) is 26.8 Å². The third-order valence-electron chi connectivity index (χ3n) is 5.04. The van der Waals surface area contributed by atoms with Crippen LogP contribution in [0.15, 0.2) is 42.5 Å². The van der Waals surface area contributed by atoms with E-state index in [4.69, 9.17) is 9.47 Å². The second-order valence-corrected chi connectivity index (χ2v) is 7.04. The standard InChI is InChI=1S/C21H25N3O5/c1-3-29-20-12-18(24(26)27)17(11-19(20)28-2)21(25)22-16-9-10-23(14-16)13-15-7-5-4-6-8-15/h4-8,11-12,16H,3,9-10,13-14H2,1-2H3,(H,22,25)/p+1/t16-/m0/s1. The summed E-state index contributed by atoms with van der Waals surface area (Å²) in [6.45, 7) is 4.72. The molecule has 8 nitrogen and oxygen atoms in total. The molecule has 1 fully saturated rings. The van der Waals surface area contributed by atoms with Gasteiger partial charge >= 0.3 is 0 Å². The van der Waals surface area contributed by atoms with Crippen molar-refractivity contribution < 1.29 is 24.1 Å². The van der Waals surface area contributed by atoms with Crippen LogP contribution >= 0.6 is 0 Å². The van der Waals surface area contributed by atoms with Crippen molar-refractivity contribution in [3.8, 4) is 11.5 Å². The SMILES string of the molecule is CCOc1cc([N+](=O)[O-])c(C(=O)N[C@H]2CC[NH+](Cc3ccccc3)C2)cc1OC. The summed E-state index contributed by atoms with van der Waals surface area (Å²) in [5, 5.41) is 14.4. The lowest BCUT2D eigenvalue weighted by molar-refractivity contribution is -0.901. The molecule has 0 saturated carbocycles. The monoisotopic (exact) mass is 400 g/mol. The molecular formula is C21H26N3O5+. The Morgan fingerprint density at radius 1 is 1.28 bits per heavy atom. The number of nitrogens with one attached hydrogen (secondary N) is 2. The Morgan fingerprint density at radius 2 is 2.03 bits per heavy atom. The molecule has 8 heteroatoms. The van der Waals surface area contributed by atoms with Gasteiger partial charge in [0.05, 0.1) is 43.8 Å². The van der Waals surface area contributed by atoms with E-state index in [0.29, 0.717) is 12.4 Å². The molecule has 1 aliphatic heterocycles. The Labute approximate surface area is 169 Å². The number of hydrogen-bond donors (Lipinski definition) is 2. The molecule has 2 aromatic carbocycles. The fourth-order valence-corrected chi connectivity index (χ4v) is 3.67. The highest BCUT2D eigenvalue weighted by Gasteiger charge is 2.31. The second-order valence-electron chi connectivity index (χ2n) is 7.04. The minimum atomic E-state index is -0.571. The van der Waals surface area contributed by atoms with Gasteiger partial charge in [-0.05, 0) is 6.92 Å². The quantitative estimate of drug-likeness (QED) is 0.518. The summed E-state index contributed by atoms with van der Waals surface area (Å²) in [4.78, 5) is 25.1. The molecule has 2 N–H and O–H groups in total. The van der Waals surface area contributed by atoms with Gasteiger partial charge in [-0.15, -0.1) is 0 Å². The molecule has 0 bridgehead atoms. The predicted molar refractivity (Wildman–Crippen MR) is 108 cm³/mol. The number of nitro groups is 1. The largest absolute Gasteiger partial charge is 0.493 e. The van der Waals surface area contributed by atoms with Crippen LogP contribution in [0.3, 0.4) is 0 Å². The zero-order valence-electron chi connectivity index (χ0n) is 16.6. The molecule has 29 heavy (non-hydrogen) atoms. The summed E-state index contributed by atoms with van der Waals surface area (Å²) in [5.74, 6) is 0.0759. The number of amides is 1. The van der Waals surface area contributed by atoms with Gasteiger partial charge < -0.3 is 19.7 Å². The number of nitrogens with zero attached hydrogens (tertiary/aromatic N) is 1. The van der Waals surface area contributed by atoms with Crippen molar-refractivity contribution in [3.05, 3.63) is 63.7 Å². The first-order valence-electron chi connectivity index (χ1n) is 9.69. The number of nitro benzene ring substituents is 1. The van der Waals surface area contributed by atoms with Crippen molar-refractivity contribution in [2.45, 2.75) is 25.9 Å². The average molecular weight is 400 g/mol. The fourth-order valence-electron chi connectivity index (χ4n) is 3.67. The molecule has 1 aliphatic rings. The van der Waals surface area contributed by atoms with Crippen molar-refractivity contribution in [1.29, 1.82) is 0 Å². The molecule has 3 rings (SSSR count). The number of carbonyl (C=O) groups is 1. The van der Waals surface area contributed by atoms with Crippen LogP contribution in [-0.2, 0) is 6.54 Å². The Balaban J connectivity index is 1.71. The number of hydrogen-bond acceptors (Lipinski definition) is 5. The van der Waals surface area contributed by atoms with E-state index in [1.807, 2.05) is 18.2 Å². The summed E-state index contributed by atoms with van der Waals surface area (Å²) in [6.07, 6.45) is 0.829. The van der Waals surface area contributed by atoms with Crippen molar-refractivity contribution >= 4 is 11.6 Å². The summed E-state index contributed by atoms with van der Waals surface area (Å²) in [5.41, 5.74) is 0.936. The van der Waals surface area contributed by atoms with E-state index in [1.165, 1.54) is 29.7 Å². The van der Waals surface area contributed by atoms with Gasteiger partial charge in [0.2, 0.25) is 0 Å². The zero-order valence-corrected chi connectivity index (χ0v) is 16.6. The minimum Gasteiger partial charge on any atom is -0.493 e. The van der Waals surface area contributed by atoms with E-state index in [9.17, 15) is 14.9 Å². The van der Waals surface area contributed by atoms with Gasteiger partial charge in [-0.3, -0.25) is 14.9 Å². The van der Waals surface area contributed by atoms with E-state index in [2.05, 4.69) is 17.4 Å². The first-order valence-corrected chi connectivity index (χ1v) is 9.69. The van der Waals surface area contributed by atoms with Crippen molar-refractivity contribution in [2.24, 2.45) is 0 Å². The lowest BCUT2D eigenvalue weighted by Gasteiger charge is -2.15. The highest BCUT2D eigenvalue weighted by molar-refractivity contribution is 5.99. The number of ether oxygens (including phenoxy) is 2. The summed E-state index contributed by atoms with van der Waals surface area (Å²) < 4.78 is 10.6. The molecule has 0 spiro atoms. The average Bonchev–Trinajstić information content (AvgIpc) is 3.15. The van der Waals surface area contributed by atoms with Gasteiger partial charge in [0.1, 0.15) is 12.1 Å². The van der Waals surface area contributed by atoms with E-state index >= 15 is 0 Å². The Kier molecular flexibility index (Phi) is 6.66. The molecule has 1 saturated heterocycles. The second kappa shape index (κ2) is 9.38. The normalized spacial score (nSPS) is 18.3. The van der Waals surface area contributed by atoms with Gasteiger partial charge in [0.15, 0.2) is 11.5 Å². The van der Waals surface area contributed by atoms with Crippen LogP contribution in [0.4, 0.5) is 5.69 Å². The van der Waals surface area contributed by atoms with Crippen LogP contribution < -0.4 is 19.7 Å². The summed E-state index contributed by atoms with van der Waals surface area (Å²) >= 11 is 0. The van der Waals surface area contributed by atoms with Crippen LogP contribution in [0, 0.1) is 10.1 Å². The van der Waals surface area contributed by atoms with E-state index in [-0.39, 0.29) is 23.0 Å².